The first kappa shape index (κ1) is 14.0. The van der Waals surface area contributed by atoms with E-state index in [0.717, 1.165) is 0 Å². The Morgan fingerprint density at radius 1 is 1.26 bits per heavy atom. The molecule has 1 aromatic heterocycles. The van der Waals surface area contributed by atoms with Crippen molar-refractivity contribution in [2.75, 3.05) is 13.0 Å². The van der Waals surface area contributed by atoms with Crippen LogP contribution >= 0.6 is 23.2 Å². The fourth-order valence-corrected chi connectivity index (χ4v) is 2.32. The van der Waals surface area contributed by atoms with Crippen molar-refractivity contribution < 1.29 is 4.74 Å². The lowest BCUT2D eigenvalue weighted by molar-refractivity contribution is 0.412. The molecule has 3 nitrogen and oxygen atoms in total. The number of hydrogen-bond donors (Lipinski definition) is 0. The zero-order chi connectivity index (χ0) is 13.8. The highest BCUT2D eigenvalue weighted by Crippen LogP contribution is 2.22. The summed E-state index contributed by atoms with van der Waals surface area (Å²) >= 11 is 11.7. The van der Waals surface area contributed by atoms with E-state index in [1.807, 2.05) is 18.2 Å². The van der Waals surface area contributed by atoms with Crippen LogP contribution in [0.1, 0.15) is 5.56 Å². The standard InChI is InChI=1S/C14H13Cl2NO2/c1-19-13-5-3-2-4-12(13)17-9-7-11(16)10(6-8-15)14(17)18/h2-5,7,9H,6,8H2,1H3. The number of aromatic nitrogens is 1. The molecule has 1 aromatic carbocycles. The topological polar surface area (TPSA) is 31.2 Å². The third kappa shape index (κ3) is 2.77. The molecule has 5 heteroatoms. The zero-order valence-electron chi connectivity index (χ0n) is 10.4. The smallest absolute Gasteiger partial charge is 0.259 e. The maximum absolute atomic E-state index is 12.4. The van der Waals surface area contributed by atoms with E-state index < -0.39 is 0 Å². The summed E-state index contributed by atoms with van der Waals surface area (Å²) < 4.78 is 6.79. The number of halogens is 2. The van der Waals surface area contributed by atoms with Crippen LogP contribution in [0.2, 0.25) is 5.02 Å². The first-order chi connectivity index (χ1) is 9.19. The molecule has 2 rings (SSSR count). The molecule has 0 atom stereocenters. The van der Waals surface area contributed by atoms with Crippen molar-refractivity contribution in [1.29, 1.82) is 0 Å². The van der Waals surface area contributed by atoms with Gasteiger partial charge in [0.25, 0.3) is 5.56 Å². The van der Waals surface area contributed by atoms with Gasteiger partial charge in [-0.1, -0.05) is 23.7 Å². The average molecular weight is 298 g/mol. The molecule has 0 amide bonds. The van der Waals surface area contributed by atoms with Gasteiger partial charge in [-0.05, 0) is 24.6 Å². The summed E-state index contributed by atoms with van der Waals surface area (Å²) in [6.45, 7) is 0. The van der Waals surface area contributed by atoms with Gasteiger partial charge in [-0.3, -0.25) is 9.36 Å². The van der Waals surface area contributed by atoms with Gasteiger partial charge in [0.15, 0.2) is 0 Å². The maximum Gasteiger partial charge on any atom is 0.259 e. The van der Waals surface area contributed by atoms with Crippen molar-refractivity contribution in [3.05, 3.63) is 57.5 Å². The van der Waals surface area contributed by atoms with Gasteiger partial charge in [-0.15, -0.1) is 11.6 Å². The fraction of sp³-hybridized carbons (Fsp3) is 0.214. The predicted molar refractivity (Wildman–Crippen MR) is 78.0 cm³/mol. The highest BCUT2D eigenvalue weighted by atomic mass is 35.5. The lowest BCUT2D eigenvalue weighted by Crippen LogP contribution is -2.22. The number of alkyl halides is 1. The molecule has 100 valence electrons. The third-order valence-corrected chi connectivity index (χ3v) is 3.37. The van der Waals surface area contributed by atoms with E-state index in [1.54, 1.807) is 25.4 Å². The largest absolute Gasteiger partial charge is 0.495 e. The Kier molecular flexibility index (Phi) is 4.51. The Morgan fingerprint density at radius 2 is 2.00 bits per heavy atom. The molecule has 0 radical (unpaired) electrons. The van der Waals surface area contributed by atoms with E-state index in [4.69, 9.17) is 27.9 Å². The van der Waals surface area contributed by atoms with Gasteiger partial charge in [-0.25, -0.2) is 0 Å². The van der Waals surface area contributed by atoms with Gasteiger partial charge in [-0.2, -0.15) is 0 Å². The Balaban J connectivity index is 2.63. The van der Waals surface area contributed by atoms with Crippen molar-refractivity contribution in [3.8, 4) is 11.4 Å². The van der Waals surface area contributed by atoms with Gasteiger partial charge in [0.05, 0.1) is 17.8 Å². The van der Waals surface area contributed by atoms with E-state index >= 15 is 0 Å². The summed E-state index contributed by atoms with van der Waals surface area (Å²) in [5.74, 6) is 0.981. The summed E-state index contributed by atoms with van der Waals surface area (Å²) in [5, 5.41) is 0.441. The molecule has 19 heavy (non-hydrogen) atoms. The first-order valence-electron chi connectivity index (χ1n) is 5.78. The molecule has 0 bridgehead atoms. The van der Waals surface area contributed by atoms with Crippen LogP contribution in [0.4, 0.5) is 0 Å². The van der Waals surface area contributed by atoms with Crippen LogP contribution in [0.5, 0.6) is 5.75 Å². The van der Waals surface area contributed by atoms with Gasteiger partial charge >= 0.3 is 0 Å². The lowest BCUT2D eigenvalue weighted by Gasteiger charge is -2.12. The van der Waals surface area contributed by atoms with Gasteiger partial charge in [0.2, 0.25) is 0 Å². The number of ether oxygens (including phenoxy) is 1. The fourth-order valence-electron chi connectivity index (χ4n) is 1.90. The molecule has 0 fully saturated rings. The summed E-state index contributed by atoms with van der Waals surface area (Å²) in [7, 11) is 1.57. The zero-order valence-corrected chi connectivity index (χ0v) is 11.9. The monoisotopic (exact) mass is 297 g/mol. The van der Waals surface area contributed by atoms with E-state index in [0.29, 0.717) is 34.3 Å². The first-order valence-corrected chi connectivity index (χ1v) is 6.69. The molecule has 0 aliphatic rings. The molecule has 0 aliphatic carbocycles. The van der Waals surface area contributed by atoms with Gasteiger partial charge in [0.1, 0.15) is 5.75 Å². The SMILES string of the molecule is COc1ccccc1-n1ccc(Cl)c(CCCl)c1=O. The average Bonchev–Trinajstić information content (AvgIpc) is 2.43. The molecule has 0 aliphatic heterocycles. The molecular weight excluding hydrogens is 285 g/mol. The van der Waals surface area contributed by atoms with Crippen LogP contribution in [-0.2, 0) is 6.42 Å². The van der Waals surface area contributed by atoms with Crippen molar-refractivity contribution in [2.45, 2.75) is 6.42 Å². The normalized spacial score (nSPS) is 10.5. The molecule has 1 heterocycles. The number of benzene rings is 1. The van der Waals surface area contributed by atoms with Crippen LogP contribution in [0.15, 0.2) is 41.3 Å². The molecule has 2 aromatic rings. The lowest BCUT2D eigenvalue weighted by atomic mass is 10.2. The summed E-state index contributed by atoms with van der Waals surface area (Å²) in [4.78, 5) is 12.4. The minimum Gasteiger partial charge on any atom is -0.495 e. The second-order valence-electron chi connectivity index (χ2n) is 3.93. The van der Waals surface area contributed by atoms with Crippen LogP contribution < -0.4 is 10.3 Å². The Morgan fingerprint density at radius 3 is 2.68 bits per heavy atom. The predicted octanol–water partition coefficient (Wildman–Crippen LogP) is 3.28. The minimum absolute atomic E-state index is 0.169. The number of rotatable bonds is 4. The van der Waals surface area contributed by atoms with Crippen molar-refractivity contribution in [3.63, 3.8) is 0 Å². The molecule has 0 saturated carbocycles. The number of para-hydroxylation sites is 2. The number of pyridine rings is 1. The molecule has 0 saturated heterocycles. The van der Waals surface area contributed by atoms with Crippen LogP contribution in [0, 0.1) is 0 Å². The van der Waals surface area contributed by atoms with Crippen molar-refractivity contribution in [2.24, 2.45) is 0 Å². The van der Waals surface area contributed by atoms with Crippen LogP contribution in [0.3, 0.4) is 0 Å². The second-order valence-corrected chi connectivity index (χ2v) is 4.71. The molecular formula is C14H13Cl2NO2. The van der Waals surface area contributed by atoms with Gasteiger partial charge in [0, 0.05) is 17.6 Å². The summed E-state index contributed by atoms with van der Waals surface area (Å²) in [6.07, 6.45) is 2.08. The minimum atomic E-state index is -0.169. The van der Waals surface area contributed by atoms with E-state index in [2.05, 4.69) is 0 Å². The van der Waals surface area contributed by atoms with E-state index in [1.165, 1.54) is 4.57 Å². The van der Waals surface area contributed by atoms with Crippen LogP contribution in [-0.4, -0.2) is 17.6 Å². The highest BCUT2D eigenvalue weighted by Gasteiger charge is 2.11. The second kappa shape index (κ2) is 6.13. The Labute approximate surface area is 121 Å². The van der Waals surface area contributed by atoms with E-state index in [9.17, 15) is 4.79 Å². The highest BCUT2D eigenvalue weighted by molar-refractivity contribution is 6.31. The number of methoxy groups -OCH3 is 1. The summed E-state index contributed by atoms with van der Waals surface area (Å²) in [6, 6.07) is 9.01. The molecule has 0 spiro atoms. The maximum atomic E-state index is 12.4. The van der Waals surface area contributed by atoms with Crippen LogP contribution in [0.25, 0.3) is 5.69 Å². The van der Waals surface area contributed by atoms with Crippen molar-refractivity contribution >= 4 is 23.2 Å². The Bertz CT molecular complexity index is 638. The van der Waals surface area contributed by atoms with Crippen molar-refractivity contribution in [1.82, 2.24) is 4.57 Å². The molecule has 0 unspecified atom stereocenters. The number of nitrogens with zero attached hydrogens (tertiary/aromatic N) is 1. The van der Waals surface area contributed by atoms with Gasteiger partial charge < -0.3 is 4.74 Å². The third-order valence-electron chi connectivity index (χ3n) is 2.82. The Hall–Kier alpha value is -1.45. The quantitative estimate of drug-likeness (QED) is 0.811. The van der Waals surface area contributed by atoms with E-state index in [-0.39, 0.29) is 5.56 Å². The molecule has 0 N–H and O–H groups in total. The summed E-state index contributed by atoms with van der Waals surface area (Å²) in [5.41, 5.74) is 1.03. The number of hydrogen-bond acceptors (Lipinski definition) is 2.